The molecular formula is C12H22N2O2. The van der Waals surface area contributed by atoms with Crippen LogP contribution < -0.4 is 5.73 Å². The fourth-order valence-corrected chi connectivity index (χ4v) is 2.92. The highest BCUT2D eigenvalue weighted by atomic mass is 16.3. The molecule has 1 atom stereocenters. The minimum absolute atomic E-state index is 0.0723. The Labute approximate surface area is 96.8 Å². The van der Waals surface area contributed by atoms with E-state index in [9.17, 15) is 9.90 Å². The predicted octanol–water partition coefficient (Wildman–Crippen LogP) is 0.487. The van der Waals surface area contributed by atoms with E-state index in [0.717, 1.165) is 45.1 Å². The first kappa shape index (κ1) is 11.9. The Kier molecular flexibility index (Phi) is 3.82. The molecular weight excluding hydrogens is 204 g/mol. The molecule has 2 aliphatic rings. The molecule has 4 heteroatoms. The maximum Gasteiger partial charge on any atom is 0.226 e. The number of nitrogens with zero attached hydrogens (tertiary/aromatic N) is 1. The normalized spacial score (nSPS) is 35.4. The minimum atomic E-state index is 0.0723. The van der Waals surface area contributed by atoms with Gasteiger partial charge in [-0.15, -0.1) is 0 Å². The van der Waals surface area contributed by atoms with Crippen molar-refractivity contribution in [3.63, 3.8) is 0 Å². The lowest BCUT2D eigenvalue weighted by Crippen LogP contribution is -2.43. The molecule has 2 rings (SSSR count). The van der Waals surface area contributed by atoms with E-state index in [1.54, 1.807) is 0 Å². The van der Waals surface area contributed by atoms with E-state index < -0.39 is 0 Å². The molecule has 1 amide bonds. The van der Waals surface area contributed by atoms with Crippen LogP contribution >= 0.6 is 0 Å². The fourth-order valence-electron chi connectivity index (χ4n) is 2.92. The van der Waals surface area contributed by atoms with Gasteiger partial charge in [-0.25, -0.2) is 0 Å². The second-order valence-electron chi connectivity index (χ2n) is 5.12. The summed E-state index contributed by atoms with van der Waals surface area (Å²) in [5.74, 6) is 0.412. The van der Waals surface area contributed by atoms with Gasteiger partial charge >= 0.3 is 0 Å². The van der Waals surface area contributed by atoms with Gasteiger partial charge in [0.1, 0.15) is 0 Å². The zero-order valence-electron chi connectivity index (χ0n) is 9.77. The largest absolute Gasteiger partial charge is 0.394 e. The summed E-state index contributed by atoms with van der Waals surface area (Å²) in [6.45, 7) is 0.935. The van der Waals surface area contributed by atoms with Crippen molar-refractivity contribution in [3.05, 3.63) is 0 Å². The Morgan fingerprint density at radius 1 is 1.25 bits per heavy atom. The van der Waals surface area contributed by atoms with Crippen molar-refractivity contribution in [1.82, 2.24) is 4.90 Å². The highest BCUT2D eigenvalue weighted by Gasteiger charge is 2.34. The van der Waals surface area contributed by atoms with Crippen LogP contribution in [-0.4, -0.2) is 41.1 Å². The fraction of sp³-hybridized carbons (Fsp3) is 0.917. The van der Waals surface area contributed by atoms with E-state index in [4.69, 9.17) is 5.73 Å². The average molecular weight is 226 g/mol. The van der Waals surface area contributed by atoms with Gasteiger partial charge in [-0.2, -0.15) is 0 Å². The molecule has 0 bridgehead atoms. The van der Waals surface area contributed by atoms with Gasteiger partial charge in [-0.1, -0.05) is 0 Å². The second kappa shape index (κ2) is 5.15. The van der Waals surface area contributed by atoms with Crippen molar-refractivity contribution in [2.24, 2.45) is 11.7 Å². The lowest BCUT2D eigenvalue weighted by molar-refractivity contribution is -0.138. The molecule has 2 fully saturated rings. The first-order valence-electron chi connectivity index (χ1n) is 6.39. The quantitative estimate of drug-likeness (QED) is 0.720. The predicted molar refractivity (Wildman–Crippen MR) is 61.8 cm³/mol. The molecule has 1 aliphatic carbocycles. The highest BCUT2D eigenvalue weighted by molar-refractivity contribution is 5.79. The van der Waals surface area contributed by atoms with Crippen LogP contribution in [0.25, 0.3) is 0 Å². The lowest BCUT2D eigenvalue weighted by atomic mass is 9.85. The lowest BCUT2D eigenvalue weighted by Gasteiger charge is -2.31. The zero-order valence-corrected chi connectivity index (χ0v) is 9.77. The molecule has 0 spiro atoms. The number of carbonyl (C=O) groups excluding carboxylic acids is 1. The van der Waals surface area contributed by atoms with Crippen LogP contribution in [0.15, 0.2) is 0 Å². The van der Waals surface area contributed by atoms with Crippen molar-refractivity contribution in [2.45, 2.75) is 50.6 Å². The van der Waals surface area contributed by atoms with E-state index in [1.165, 1.54) is 0 Å². The summed E-state index contributed by atoms with van der Waals surface area (Å²) >= 11 is 0. The zero-order chi connectivity index (χ0) is 11.5. The van der Waals surface area contributed by atoms with Crippen molar-refractivity contribution in [2.75, 3.05) is 13.2 Å². The van der Waals surface area contributed by atoms with Crippen molar-refractivity contribution < 1.29 is 9.90 Å². The van der Waals surface area contributed by atoms with Crippen LogP contribution in [0, 0.1) is 5.92 Å². The summed E-state index contributed by atoms with van der Waals surface area (Å²) in [5.41, 5.74) is 5.84. The molecule has 3 N–H and O–H groups in total. The first-order chi connectivity index (χ1) is 7.72. The Morgan fingerprint density at radius 2 is 1.94 bits per heavy atom. The van der Waals surface area contributed by atoms with Crippen LogP contribution in [0.4, 0.5) is 0 Å². The third-order valence-electron chi connectivity index (χ3n) is 3.99. The third kappa shape index (κ3) is 2.38. The van der Waals surface area contributed by atoms with E-state index >= 15 is 0 Å². The van der Waals surface area contributed by atoms with Gasteiger partial charge in [-0.05, 0) is 38.5 Å². The molecule has 0 unspecified atom stereocenters. The summed E-state index contributed by atoms with van der Waals surface area (Å²) in [7, 11) is 0. The summed E-state index contributed by atoms with van der Waals surface area (Å²) in [6.07, 6.45) is 5.77. The third-order valence-corrected chi connectivity index (χ3v) is 3.99. The van der Waals surface area contributed by atoms with Gasteiger partial charge in [-0.3, -0.25) is 4.79 Å². The van der Waals surface area contributed by atoms with Gasteiger partial charge in [0, 0.05) is 18.5 Å². The number of nitrogens with two attached hydrogens (primary N) is 1. The number of hydrogen-bond acceptors (Lipinski definition) is 3. The van der Waals surface area contributed by atoms with Crippen LogP contribution in [-0.2, 0) is 4.79 Å². The Hall–Kier alpha value is -0.610. The second-order valence-corrected chi connectivity index (χ2v) is 5.12. The maximum absolute atomic E-state index is 12.3. The minimum Gasteiger partial charge on any atom is -0.394 e. The Morgan fingerprint density at radius 3 is 2.56 bits per heavy atom. The summed E-state index contributed by atoms with van der Waals surface area (Å²) in [5, 5.41) is 9.21. The first-order valence-corrected chi connectivity index (χ1v) is 6.39. The molecule has 0 aromatic rings. The molecule has 1 aliphatic heterocycles. The molecule has 92 valence electrons. The van der Waals surface area contributed by atoms with Gasteiger partial charge in [0.05, 0.1) is 12.6 Å². The molecule has 0 aromatic heterocycles. The molecule has 1 saturated heterocycles. The Balaban J connectivity index is 1.91. The number of aliphatic hydroxyl groups is 1. The highest BCUT2D eigenvalue weighted by Crippen LogP contribution is 2.28. The number of amides is 1. The maximum atomic E-state index is 12.3. The molecule has 16 heavy (non-hydrogen) atoms. The van der Waals surface area contributed by atoms with Crippen LogP contribution in [0.5, 0.6) is 0 Å². The molecule has 0 radical (unpaired) electrons. The van der Waals surface area contributed by atoms with E-state index in [1.807, 2.05) is 4.90 Å². The van der Waals surface area contributed by atoms with Crippen LogP contribution in [0.1, 0.15) is 38.5 Å². The Bertz CT molecular complexity index is 249. The van der Waals surface area contributed by atoms with Gasteiger partial charge in [0.15, 0.2) is 0 Å². The van der Waals surface area contributed by atoms with Crippen LogP contribution in [0.3, 0.4) is 0 Å². The van der Waals surface area contributed by atoms with Gasteiger partial charge < -0.3 is 15.7 Å². The molecule has 0 aromatic carbocycles. The number of likely N-dealkylation sites (tertiary alicyclic amines) is 1. The van der Waals surface area contributed by atoms with Crippen LogP contribution in [0.2, 0.25) is 0 Å². The van der Waals surface area contributed by atoms with Crippen molar-refractivity contribution >= 4 is 5.91 Å². The molecule has 1 saturated carbocycles. The molecule has 1 heterocycles. The standard InChI is InChI=1S/C12H22N2O2/c13-10-5-3-9(4-6-10)12(16)14-7-1-2-11(14)8-15/h9-11,15H,1-8,13H2/t9?,10?,11-/m1/s1. The SMILES string of the molecule is NC1CCC(C(=O)N2CCC[C@@H]2CO)CC1. The van der Waals surface area contributed by atoms with Gasteiger partial charge in [0.25, 0.3) is 0 Å². The topological polar surface area (TPSA) is 66.6 Å². The summed E-state index contributed by atoms with van der Waals surface area (Å²) < 4.78 is 0. The monoisotopic (exact) mass is 226 g/mol. The molecule has 4 nitrogen and oxygen atoms in total. The van der Waals surface area contributed by atoms with Gasteiger partial charge in [0.2, 0.25) is 5.91 Å². The number of aliphatic hydroxyl groups excluding tert-OH is 1. The van der Waals surface area contributed by atoms with E-state index in [2.05, 4.69) is 0 Å². The number of carbonyl (C=O) groups is 1. The summed E-state index contributed by atoms with van der Waals surface area (Å²) in [6, 6.07) is 0.361. The van der Waals surface area contributed by atoms with Crippen molar-refractivity contribution in [3.8, 4) is 0 Å². The van der Waals surface area contributed by atoms with Crippen molar-refractivity contribution in [1.29, 1.82) is 0 Å². The smallest absolute Gasteiger partial charge is 0.226 e. The summed E-state index contributed by atoms with van der Waals surface area (Å²) in [4.78, 5) is 14.1. The van der Waals surface area contributed by atoms with E-state index in [-0.39, 0.29) is 30.5 Å². The average Bonchev–Trinajstić information content (AvgIpc) is 2.77. The van der Waals surface area contributed by atoms with E-state index in [0.29, 0.717) is 0 Å². The number of hydrogen-bond donors (Lipinski definition) is 2. The number of rotatable bonds is 2.